The first kappa shape index (κ1) is 37.7. The number of aryl methyl sites for hydroxylation is 6. The van der Waals surface area contributed by atoms with Crippen LogP contribution >= 0.6 is 0 Å². The van der Waals surface area contributed by atoms with Crippen LogP contribution in [0, 0.1) is 53.7 Å². The van der Waals surface area contributed by atoms with E-state index in [0.717, 1.165) is 12.8 Å². The molecule has 0 unspecified atom stereocenters. The van der Waals surface area contributed by atoms with Crippen molar-refractivity contribution in [2.75, 3.05) is 0 Å². The topological polar surface area (TPSA) is 0 Å². The Bertz CT molecular complexity index is 1510. The van der Waals surface area contributed by atoms with Gasteiger partial charge in [0.2, 0.25) is 0 Å². The minimum Gasteiger partial charge on any atom is -1.00 e. The SMILES string of the molecule is CC[C](=[Ti+2])CC.Cc1cc(C)c(-c2[c-]c3c(cc2)-c2ccc(-c4c(C)cc(C)cc4C)cc2C3)c(C)c1.[C-]1=CC=CC1.[Cl-].[Cl-]. The van der Waals surface area contributed by atoms with Crippen LogP contribution in [0.1, 0.15) is 77.6 Å². The van der Waals surface area contributed by atoms with Crippen LogP contribution in [-0.4, -0.2) is 3.81 Å². The van der Waals surface area contributed by atoms with E-state index in [2.05, 4.69) is 148 Å². The summed E-state index contributed by atoms with van der Waals surface area (Å²) >= 11 is 2.19. The third-order valence-corrected chi connectivity index (χ3v) is 9.25. The van der Waals surface area contributed by atoms with Crippen molar-refractivity contribution in [2.45, 2.75) is 81.1 Å². The summed E-state index contributed by atoms with van der Waals surface area (Å²) in [5.41, 5.74) is 18.7. The summed E-state index contributed by atoms with van der Waals surface area (Å²) in [6, 6.07) is 24.5. The van der Waals surface area contributed by atoms with Crippen LogP contribution in [0.15, 0.2) is 72.8 Å². The Morgan fingerprint density at radius 2 is 1.25 bits per heavy atom. The van der Waals surface area contributed by atoms with Crippen LogP contribution in [-0.2, 0) is 26.4 Å². The molecule has 3 heteroatoms. The van der Waals surface area contributed by atoms with E-state index in [0.29, 0.717) is 0 Å². The number of fused-ring (bicyclic) bond motifs is 3. The van der Waals surface area contributed by atoms with E-state index in [1.807, 2.05) is 12.2 Å². The van der Waals surface area contributed by atoms with Gasteiger partial charge in [0.15, 0.2) is 0 Å². The maximum Gasteiger partial charge on any atom is -0.0125 e. The molecule has 0 saturated carbocycles. The summed E-state index contributed by atoms with van der Waals surface area (Å²) in [5.74, 6) is 0. The molecule has 0 spiro atoms. The Morgan fingerprint density at radius 3 is 1.70 bits per heavy atom. The fourth-order valence-corrected chi connectivity index (χ4v) is 6.26. The van der Waals surface area contributed by atoms with Gasteiger partial charge in [0, 0.05) is 0 Å². The minimum atomic E-state index is 0. The van der Waals surface area contributed by atoms with Crippen molar-refractivity contribution in [2.24, 2.45) is 0 Å². The normalized spacial score (nSPS) is 11.7. The number of rotatable bonds is 4. The van der Waals surface area contributed by atoms with E-state index >= 15 is 0 Å². The first-order valence-corrected chi connectivity index (χ1v) is 16.0. The Kier molecular flexibility index (Phi) is 14.8. The minimum absolute atomic E-state index is 0. The predicted molar refractivity (Wildman–Crippen MR) is 180 cm³/mol. The number of halogens is 2. The molecule has 0 aliphatic heterocycles. The van der Waals surface area contributed by atoms with E-state index in [-0.39, 0.29) is 24.8 Å². The van der Waals surface area contributed by atoms with Crippen molar-refractivity contribution in [3.63, 3.8) is 0 Å². The van der Waals surface area contributed by atoms with Crippen molar-refractivity contribution >= 4 is 3.81 Å². The first-order chi connectivity index (χ1) is 20.1. The number of benzene rings is 4. The van der Waals surface area contributed by atoms with Crippen LogP contribution in [0.3, 0.4) is 0 Å². The maximum atomic E-state index is 3.78. The molecule has 0 radical (unpaired) electrons. The summed E-state index contributed by atoms with van der Waals surface area (Å²) in [7, 11) is 0. The standard InChI is InChI=1S/C31H29.C5H5.C5H10.2ClH.Ti/c1-18-11-20(3)30(21(4)12-18)24-7-9-28-26(15-24)17-27-16-25(8-10-29(27)28)31-22(5)13-19(2)14-23(31)6;1-2-4-5-3-1;1-3-5-4-2;;;/h7-15H,17H2,1-6H3;1-3H,4H2;3-4H2,1-2H3;2*1H;/q2*-1;;;;+2/p-2. The van der Waals surface area contributed by atoms with Crippen LogP contribution in [0.5, 0.6) is 0 Å². The molecule has 0 amide bonds. The summed E-state index contributed by atoms with van der Waals surface area (Å²) in [6.45, 7) is 17.6. The molecule has 228 valence electrons. The predicted octanol–water partition coefficient (Wildman–Crippen LogP) is 5.08. The third kappa shape index (κ3) is 9.05. The zero-order valence-corrected chi connectivity index (χ0v) is 30.6. The van der Waals surface area contributed by atoms with Gasteiger partial charge in [-0.3, -0.25) is 6.08 Å². The molecule has 6 rings (SSSR count). The van der Waals surface area contributed by atoms with Crippen LogP contribution in [0.4, 0.5) is 0 Å². The largest absolute Gasteiger partial charge is 1.00 e. The van der Waals surface area contributed by atoms with Crippen molar-refractivity contribution in [1.82, 2.24) is 0 Å². The molecule has 0 aromatic heterocycles. The first-order valence-electron chi connectivity index (χ1n) is 15.3. The number of hydrogen-bond acceptors (Lipinski definition) is 0. The van der Waals surface area contributed by atoms with Gasteiger partial charge in [-0.2, -0.15) is 6.08 Å². The Morgan fingerprint density at radius 1 is 0.705 bits per heavy atom. The summed E-state index contributed by atoms with van der Waals surface area (Å²) < 4.78 is 1.59. The van der Waals surface area contributed by atoms with Crippen molar-refractivity contribution in [1.29, 1.82) is 0 Å². The zero-order valence-electron chi connectivity index (χ0n) is 27.5. The fraction of sp³-hybridized carbons (Fsp3) is 0.293. The van der Waals surface area contributed by atoms with Gasteiger partial charge in [0.1, 0.15) is 0 Å². The second-order valence-corrected chi connectivity index (χ2v) is 12.8. The molecule has 0 bridgehead atoms. The molecule has 2 aliphatic carbocycles. The molecule has 0 nitrogen and oxygen atoms in total. The molecule has 0 atom stereocenters. The van der Waals surface area contributed by atoms with Gasteiger partial charge in [-0.15, -0.1) is 35.7 Å². The maximum absolute atomic E-state index is 3.78. The molecule has 2 aliphatic rings. The van der Waals surface area contributed by atoms with Crippen LogP contribution in [0.2, 0.25) is 0 Å². The molecule has 0 heterocycles. The summed E-state index contributed by atoms with van der Waals surface area (Å²) in [4.78, 5) is 0. The summed E-state index contributed by atoms with van der Waals surface area (Å²) in [6.07, 6.45) is 13.5. The molecule has 4 aromatic carbocycles. The van der Waals surface area contributed by atoms with Gasteiger partial charge in [0.05, 0.1) is 0 Å². The van der Waals surface area contributed by atoms with Gasteiger partial charge >= 0.3 is 50.5 Å². The molecule has 44 heavy (non-hydrogen) atoms. The quantitative estimate of drug-likeness (QED) is 0.187. The molecule has 0 N–H and O–H groups in total. The zero-order chi connectivity index (χ0) is 30.4. The second-order valence-electron chi connectivity index (χ2n) is 11.7. The van der Waals surface area contributed by atoms with Crippen molar-refractivity contribution < 1.29 is 44.8 Å². The molecule has 0 saturated heterocycles. The second kappa shape index (κ2) is 17.3. The van der Waals surface area contributed by atoms with Crippen LogP contribution in [0.25, 0.3) is 33.4 Å². The van der Waals surface area contributed by atoms with E-state index in [1.54, 1.807) is 3.81 Å². The number of hydrogen-bond donors (Lipinski definition) is 0. The Hall–Kier alpha value is -2.48. The molecular formula is C41H44Cl2Ti-2. The number of allylic oxidation sites excluding steroid dienone is 4. The fourth-order valence-electron chi connectivity index (χ4n) is 6.26. The summed E-state index contributed by atoms with van der Waals surface area (Å²) in [5, 5.41) is 0. The van der Waals surface area contributed by atoms with Gasteiger partial charge in [-0.05, 0) is 75.8 Å². The van der Waals surface area contributed by atoms with Gasteiger partial charge in [-0.1, -0.05) is 81.4 Å². The van der Waals surface area contributed by atoms with E-state index in [4.69, 9.17) is 0 Å². The smallest absolute Gasteiger partial charge is 0.0125 e. The Labute approximate surface area is 290 Å². The van der Waals surface area contributed by atoms with Crippen molar-refractivity contribution in [3.8, 4) is 33.4 Å². The average Bonchev–Trinajstić information content (AvgIpc) is 3.63. The van der Waals surface area contributed by atoms with E-state index < -0.39 is 0 Å². The van der Waals surface area contributed by atoms with E-state index in [9.17, 15) is 0 Å². The van der Waals surface area contributed by atoms with Gasteiger partial charge in [0.25, 0.3) is 0 Å². The average molecular weight is 656 g/mol. The van der Waals surface area contributed by atoms with Crippen LogP contribution < -0.4 is 24.8 Å². The molecular weight excluding hydrogens is 611 g/mol. The van der Waals surface area contributed by atoms with Gasteiger partial charge < -0.3 is 24.8 Å². The molecule has 4 aromatic rings. The van der Waals surface area contributed by atoms with Gasteiger partial charge in [-0.25, -0.2) is 12.2 Å². The Balaban J connectivity index is 0.000000443. The van der Waals surface area contributed by atoms with E-state index in [1.165, 1.54) is 90.7 Å². The molecule has 0 fully saturated rings. The third-order valence-electron chi connectivity index (χ3n) is 8.14. The monoisotopic (exact) mass is 654 g/mol. The van der Waals surface area contributed by atoms with Crippen molar-refractivity contribution in [3.05, 3.63) is 129 Å².